The predicted molar refractivity (Wildman–Crippen MR) is 129 cm³/mol. The van der Waals surface area contributed by atoms with Crippen molar-refractivity contribution in [3.8, 4) is 0 Å². The van der Waals surface area contributed by atoms with Crippen LogP contribution in [0.25, 0.3) is 0 Å². The molecule has 5 rings (SSSR count). The first-order chi connectivity index (χ1) is 16.5. The van der Waals surface area contributed by atoms with Gasteiger partial charge in [0.25, 0.3) is 0 Å². The molecule has 2 saturated heterocycles. The Morgan fingerprint density at radius 1 is 1.03 bits per heavy atom. The number of benzene rings is 1. The Bertz CT molecular complexity index is 900. The quantitative estimate of drug-likeness (QED) is 0.641. The first-order valence-electron chi connectivity index (χ1n) is 13.3. The molecule has 186 valence electrons. The topological polar surface area (TPSA) is 53.1 Å². The van der Waals surface area contributed by atoms with Crippen molar-refractivity contribution in [2.24, 2.45) is 5.92 Å². The summed E-state index contributed by atoms with van der Waals surface area (Å²) >= 11 is 0. The van der Waals surface area contributed by atoms with Crippen molar-refractivity contribution >= 4 is 17.7 Å². The summed E-state index contributed by atoms with van der Waals surface area (Å²) in [6, 6.07) is 5.50. The molecule has 1 spiro atoms. The summed E-state index contributed by atoms with van der Waals surface area (Å²) in [6.45, 7) is 6.32. The number of halogens is 1. The van der Waals surface area contributed by atoms with Gasteiger partial charge in [-0.05, 0) is 82.3 Å². The van der Waals surface area contributed by atoms with Crippen LogP contribution in [0, 0.1) is 11.7 Å². The molecule has 6 nitrogen and oxygen atoms in total. The van der Waals surface area contributed by atoms with Crippen molar-refractivity contribution in [3.05, 3.63) is 29.6 Å². The molecule has 1 aliphatic carbocycles. The predicted octanol–water partition coefficient (Wildman–Crippen LogP) is 4.71. The molecule has 3 heterocycles. The van der Waals surface area contributed by atoms with Crippen molar-refractivity contribution in [2.45, 2.75) is 76.2 Å². The third-order valence-electron chi connectivity index (χ3n) is 8.76. The number of hydrogen-bond donors (Lipinski definition) is 0. The number of amides is 2. The van der Waals surface area contributed by atoms with E-state index in [1.165, 1.54) is 12.5 Å². The number of ether oxygens (including phenoxy) is 1. The second-order valence-corrected chi connectivity index (χ2v) is 10.7. The van der Waals surface area contributed by atoms with Gasteiger partial charge in [0.2, 0.25) is 5.91 Å². The van der Waals surface area contributed by atoms with Crippen molar-refractivity contribution in [3.63, 3.8) is 0 Å². The molecule has 0 bridgehead atoms. The fraction of sp³-hybridized carbons (Fsp3) is 0.704. The lowest BCUT2D eigenvalue weighted by Gasteiger charge is -2.45. The molecule has 34 heavy (non-hydrogen) atoms. The second kappa shape index (κ2) is 9.84. The third kappa shape index (κ3) is 4.43. The van der Waals surface area contributed by atoms with Crippen LogP contribution in [0.5, 0.6) is 0 Å². The zero-order chi connectivity index (χ0) is 23.7. The molecule has 1 saturated carbocycles. The minimum Gasteiger partial charge on any atom is -0.450 e. The van der Waals surface area contributed by atoms with E-state index in [4.69, 9.17) is 4.74 Å². The Balaban J connectivity index is 1.26. The molecule has 0 unspecified atom stereocenters. The minimum absolute atomic E-state index is 0.117. The van der Waals surface area contributed by atoms with Crippen LogP contribution in [0.1, 0.15) is 70.3 Å². The fourth-order valence-corrected chi connectivity index (χ4v) is 6.78. The molecule has 7 heteroatoms. The lowest BCUT2D eigenvalue weighted by molar-refractivity contribution is -0.123. The lowest BCUT2D eigenvalue weighted by atomic mass is 9.73. The van der Waals surface area contributed by atoms with E-state index in [2.05, 4.69) is 4.90 Å². The van der Waals surface area contributed by atoms with Crippen LogP contribution >= 0.6 is 0 Å². The van der Waals surface area contributed by atoms with Crippen LogP contribution in [0.15, 0.2) is 18.2 Å². The molecule has 0 N–H and O–H groups in total. The number of anilines is 1. The first-order valence-corrected chi connectivity index (χ1v) is 13.3. The van der Waals surface area contributed by atoms with Gasteiger partial charge in [-0.2, -0.15) is 0 Å². The van der Waals surface area contributed by atoms with Gasteiger partial charge in [-0.15, -0.1) is 0 Å². The summed E-state index contributed by atoms with van der Waals surface area (Å²) in [5.41, 5.74) is 1.82. The van der Waals surface area contributed by atoms with Crippen LogP contribution in [0.4, 0.5) is 14.9 Å². The van der Waals surface area contributed by atoms with E-state index in [1.54, 1.807) is 6.07 Å². The maximum atomic E-state index is 14.4. The summed E-state index contributed by atoms with van der Waals surface area (Å²) in [7, 11) is 0. The van der Waals surface area contributed by atoms with Crippen molar-refractivity contribution < 1.29 is 18.7 Å². The van der Waals surface area contributed by atoms with Gasteiger partial charge in [0, 0.05) is 42.7 Å². The van der Waals surface area contributed by atoms with Crippen molar-refractivity contribution in [1.29, 1.82) is 0 Å². The summed E-state index contributed by atoms with van der Waals surface area (Å²) in [5, 5.41) is 0. The third-order valence-corrected chi connectivity index (χ3v) is 8.76. The highest BCUT2D eigenvalue weighted by Crippen LogP contribution is 2.48. The van der Waals surface area contributed by atoms with Crippen LogP contribution in [-0.4, -0.2) is 67.2 Å². The second-order valence-electron chi connectivity index (χ2n) is 10.7. The normalized spacial score (nSPS) is 23.8. The van der Waals surface area contributed by atoms with Crippen LogP contribution in [-0.2, 0) is 14.9 Å². The molecule has 0 atom stereocenters. The van der Waals surface area contributed by atoms with Gasteiger partial charge in [0.05, 0.1) is 6.61 Å². The van der Waals surface area contributed by atoms with Gasteiger partial charge in [-0.25, -0.2) is 9.18 Å². The van der Waals surface area contributed by atoms with Crippen molar-refractivity contribution in [2.75, 3.05) is 44.2 Å². The van der Waals surface area contributed by atoms with Gasteiger partial charge >= 0.3 is 6.09 Å². The zero-order valence-corrected chi connectivity index (χ0v) is 20.4. The number of fused-ring (bicyclic) bond motifs is 2. The van der Waals surface area contributed by atoms with E-state index < -0.39 is 0 Å². The van der Waals surface area contributed by atoms with E-state index in [0.717, 1.165) is 88.8 Å². The monoisotopic (exact) mass is 471 g/mol. The summed E-state index contributed by atoms with van der Waals surface area (Å²) < 4.78 is 19.5. The maximum Gasteiger partial charge on any atom is 0.409 e. The fourth-order valence-electron chi connectivity index (χ4n) is 6.78. The highest BCUT2D eigenvalue weighted by atomic mass is 19.1. The number of hydrogen-bond acceptors (Lipinski definition) is 4. The molecule has 4 aliphatic rings. The number of piperidine rings is 2. The highest BCUT2D eigenvalue weighted by molar-refractivity contribution is 5.98. The van der Waals surface area contributed by atoms with E-state index >= 15 is 0 Å². The number of likely N-dealkylation sites (tertiary alicyclic amines) is 2. The molecule has 0 radical (unpaired) electrons. The first kappa shape index (κ1) is 23.6. The van der Waals surface area contributed by atoms with Crippen LogP contribution < -0.4 is 4.90 Å². The summed E-state index contributed by atoms with van der Waals surface area (Å²) in [4.78, 5) is 31.9. The lowest BCUT2D eigenvalue weighted by Crippen LogP contribution is -2.52. The molecule has 0 aromatic heterocycles. The van der Waals surface area contributed by atoms with E-state index in [-0.39, 0.29) is 29.2 Å². The number of carbonyl (C=O) groups excluding carboxylic acids is 2. The SMILES string of the molecule is CCOC(=O)N1CCC(N2CCC3(CC2)CN(C(=O)C2CCCCC2)c2ccc(F)cc23)CC1. The molecular weight excluding hydrogens is 433 g/mol. The average Bonchev–Trinajstić information content (AvgIpc) is 3.18. The highest BCUT2D eigenvalue weighted by Gasteiger charge is 2.48. The number of nitrogens with zero attached hydrogens (tertiary/aromatic N) is 3. The van der Waals surface area contributed by atoms with E-state index in [1.807, 2.05) is 22.8 Å². The molecule has 1 aromatic rings. The summed E-state index contributed by atoms with van der Waals surface area (Å²) in [5.74, 6) is 0.156. The Morgan fingerprint density at radius 2 is 1.74 bits per heavy atom. The maximum absolute atomic E-state index is 14.4. The Morgan fingerprint density at radius 3 is 2.41 bits per heavy atom. The molecule has 1 aromatic carbocycles. The Kier molecular flexibility index (Phi) is 6.83. The van der Waals surface area contributed by atoms with E-state index in [9.17, 15) is 14.0 Å². The molecule has 2 amide bonds. The Labute approximate surface area is 202 Å². The molecule has 3 fully saturated rings. The Hall–Kier alpha value is -2.15. The van der Waals surface area contributed by atoms with Crippen LogP contribution in [0.3, 0.4) is 0 Å². The van der Waals surface area contributed by atoms with Gasteiger partial charge in [0.1, 0.15) is 5.82 Å². The molecule has 3 aliphatic heterocycles. The minimum atomic E-state index is -0.209. The standard InChI is InChI=1S/C27H38FN3O3/c1-2-34-26(33)30-14-10-22(11-15-30)29-16-12-27(13-17-29)19-31(24-9-8-21(28)18-23(24)27)25(32)20-6-4-3-5-7-20/h8-9,18,20,22H,2-7,10-17,19H2,1H3. The number of rotatable bonds is 3. The van der Waals surface area contributed by atoms with Crippen molar-refractivity contribution in [1.82, 2.24) is 9.80 Å². The van der Waals surface area contributed by atoms with Gasteiger partial charge < -0.3 is 19.4 Å². The van der Waals surface area contributed by atoms with Gasteiger partial charge in [-0.1, -0.05) is 19.3 Å². The van der Waals surface area contributed by atoms with Gasteiger partial charge in [-0.3, -0.25) is 4.79 Å². The average molecular weight is 472 g/mol. The van der Waals surface area contributed by atoms with E-state index in [0.29, 0.717) is 19.2 Å². The van der Waals surface area contributed by atoms with Gasteiger partial charge in [0.15, 0.2) is 0 Å². The smallest absolute Gasteiger partial charge is 0.409 e. The molecular formula is C27H38FN3O3. The zero-order valence-electron chi connectivity index (χ0n) is 20.4. The summed E-state index contributed by atoms with van der Waals surface area (Å²) in [6.07, 6.45) is 9.06. The largest absolute Gasteiger partial charge is 0.450 e. The van der Waals surface area contributed by atoms with Crippen LogP contribution in [0.2, 0.25) is 0 Å². The number of carbonyl (C=O) groups is 2.